The van der Waals surface area contributed by atoms with E-state index in [1.54, 1.807) is 37.3 Å². The molecule has 3 aromatic rings. The second kappa shape index (κ2) is 10.0. The van der Waals surface area contributed by atoms with E-state index in [2.05, 4.69) is 21.2 Å². The van der Waals surface area contributed by atoms with Crippen LogP contribution in [-0.2, 0) is 16.2 Å². The van der Waals surface area contributed by atoms with Gasteiger partial charge >= 0.3 is 6.03 Å². The predicted octanol–water partition coefficient (Wildman–Crippen LogP) is 6.31. The van der Waals surface area contributed by atoms with Crippen molar-refractivity contribution >= 4 is 68.7 Å². The molecular formula is C25H17BrCl2N2O4. The molecule has 0 unspecified atom stereocenters. The van der Waals surface area contributed by atoms with Crippen LogP contribution in [-0.4, -0.2) is 17.8 Å². The van der Waals surface area contributed by atoms with Gasteiger partial charge in [0.25, 0.3) is 11.8 Å². The van der Waals surface area contributed by atoms with Gasteiger partial charge in [-0.15, -0.1) is 0 Å². The van der Waals surface area contributed by atoms with E-state index in [9.17, 15) is 14.4 Å². The SMILES string of the molecule is Cc1ccc(Cl)cc1N1C(=O)NC(=O)/C(=C\c2ccc(OCc3ccccc3Br)c(Cl)c2)C1=O. The molecule has 0 aliphatic carbocycles. The number of carbonyl (C=O) groups is 3. The molecule has 1 fully saturated rings. The van der Waals surface area contributed by atoms with Gasteiger partial charge < -0.3 is 4.74 Å². The molecule has 0 atom stereocenters. The Hall–Kier alpha value is -3.13. The molecule has 1 heterocycles. The number of carbonyl (C=O) groups excluding carboxylic acids is 3. The summed E-state index contributed by atoms with van der Waals surface area (Å²) in [6.07, 6.45) is 1.38. The van der Waals surface area contributed by atoms with Crippen LogP contribution in [0, 0.1) is 6.92 Å². The Bertz CT molecular complexity index is 1360. The van der Waals surface area contributed by atoms with E-state index in [-0.39, 0.29) is 5.57 Å². The minimum absolute atomic E-state index is 0.211. The number of amides is 4. The number of aryl methyl sites for hydroxylation is 1. The fourth-order valence-electron chi connectivity index (χ4n) is 3.36. The van der Waals surface area contributed by atoms with E-state index in [0.717, 1.165) is 14.9 Å². The average Bonchev–Trinajstić information content (AvgIpc) is 2.79. The van der Waals surface area contributed by atoms with E-state index < -0.39 is 17.8 Å². The van der Waals surface area contributed by atoms with Crippen LogP contribution in [0.4, 0.5) is 10.5 Å². The monoisotopic (exact) mass is 558 g/mol. The zero-order chi connectivity index (χ0) is 24.4. The Morgan fingerprint density at radius 3 is 2.53 bits per heavy atom. The Labute approximate surface area is 214 Å². The van der Waals surface area contributed by atoms with Crippen molar-refractivity contribution in [3.8, 4) is 5.75 Å². The number of hydrogen-bond acceptors (Lipinski definition) is 4. The highest BCUT2D eigenvalue weighted by Crippen LogP contribution is 2.30. The highest BCUT2D eigenvalue weighted by molar-refractivity contribution is 9.10. The standard InChI is InChI=1S/C25H17BrCl2N2O4/c1-14-6-8-17(27)12-21(14)30-24(32)18(23(31)29-25(30)33)10-15-7-9-22(20(28)11-15)34-13-16-4-2-3-5-19(16)26/h2-12H,13H2,1H3,(H,29,31,33)/b18-10+. The smallest absolute Gasteiger partial charge is 0.335 e. The molecule has 0 bridgehead atoms. The minimum atomic E-state index is -0.841. The Balaban J connectivity index is 1.60. The van der Waals surface area contributed by atoms with E-state index in [1.165, 1.54) is 12.1 Å². The maximum Gasteiger partial charge on any atom is 0.335 e. The lowest BCUT2D eigenvalue weighted by Crippen LogP contribution is -2.54. The van der Waals surface area contributed by atoms with E-state index in [4.69, 9.17) is 27.9 Å². The fraction of sp³-hybridized carbons (Fsp3) is 0.0800. The van der Waals surface area contributed by atoms with Gasteiger partial charge in [0.2, 0.25) is 0 Å². The minimum Gasteiger partial charge on any atom is -0.487 e. The summed E-state index contributed by atoms with van der Waals surface area (Å²) in [7, 11) is 0. The molecule has 1 aliphatic rings. The first-order chi connectivity index (χ1) is 16.2. The summed E-state index contributed by atoms with van der Waals surface area (Å²) in [5.74, 6) is -1.11. The highest BCUT2D eigenvalue weighted by atomic mass is 79.9. The van der Waals surface area contributed by atoms with Gasteiger partial charge in [0.1, 0.15) is 17.9 Å². The van der Waals surface area contributed by atoms with Crippen LogP contribution >= 0.6 is 39.1 Å². The van der Waals surface area contributed by atoms with Crippen molar-refractivity contribution < 1.29 is 19.1 Å². The zero-order valence-corrected chi connectivity index (χ0v) is 20.9. The lowest BCUT2D eigenvalue weighted by atomic mass is 10.1. The second-order valence-corrected chi connectivity index (χ2v) is 9.16. The molecule has 9 heteroatoms. The second-order valence-electron chi connectivity index (χ2n) is 7.46. The summed E-state index contributed by atoms with van der Waals surface area (Å²) in [6, 6.07) is 16.6. The molecule has 0 aromatic heterocycles. The third-order valence-electron chi connectivity index (χ3n) is 5.12. The summed E-state index contributed by atoms with van der Waals surface area (Å²) in [5.41, 5.74) is 2.18. The molecule has 0 saturated carbocycles. The van der Waals surface area contributed by atoms with Crippen LogP contribution < -0.4 is 15.0 Å². The molecule has 1 saturated heterocycles. The summed E-state index contributed by atoms with van der Waals surface area (Å²) in [5, 5.41) is 2.86. The molecule has 4 amide bonds. The van der Waals surface area contributed by atoms with Crippen molar-refractivity contribution in [3.05, 3.63) is 97.4 Å². The first kappa shape index (κ1) is 24.0. The lowest BCUT2D eigenvalue weighted by Gasteiger charge is -2.27. The summed E-state index contributed by atoms with van der Waals surface area (Å²) < 4.78 is 6.73. The summed E-state index contributed by atoms with van der Waals surface area (Å²) >= 11 is 15.9. The largest absolute Gasteiger partial charge is 0.487 e. The molecule has 1 N–H and O–H groups in total. The van der Waals surface area contributed by atoms with E-state index in [0.29, 0.717) is 39.2 Å². The fourth-order valence-corrected chi connectivity index (χ4v) is 4.17. The number of benzene rings is 3. The van der Waals surface area contributed by atoms with Crippen LogP contribution in [0.25, 0.3) is 6.08 Å². The van der Waals surface area contributed by atoms with Crippen LogP contribution in [0.15, 0.2) is 70.7 Å². The van der Waals surface area contributed by atoms with Crippen LogP contribution in [0.2, 0.25) is 10.0 Å². The van der Waals surface area contributed by atoms with Crippen molar-refractivity contribution in [2.45, 2.75) is 13.5 Å². The number of nitrogens with zero attached hydrogens (tertiary/aromatic N) is 1. The van der Waals surface area contributed by atoms with Crippen molar-refractivity contribution in [1.82, 2.24) is 5.32 Å². The molecule has 0 radical (unpaired) electrons. The van der Waals surface area contributed by atoms with Crippen molar-refractivity contribution in [2.24, 2.45) is 0 Å². The number of imide groups is 2. The quantitative estimate of drug-likeness (QED) is 0.293. The number of urea groups is 1. The topological polar surface area (TPSA) is 75.7 Å². The van der Waals surface area contributed by atoms with Gasteiger partial charge in [-0.2, -0.15) is 0 Å². The van der Waals surface area contributed by atoms with Gasteiger partial charge in [-0.05, 0) is 54.5 Å². The molecule has 34 heavy (non-hydrogen) atoms. The van der Waals surface area contributed by atoms with Gasteiger partial charge in [0.05, 0.1) is 10.7 Å². The molecule has 4 rings (SSSR count). The van der Waals surface area contributed by atoms with Gasteiger partial charge in [0.15, 0.2) is 0 Å². The summed E-state index contributed by atoms with van der Waals surface area (Å²) in [6.45, 7) is 2.04. The molecule has 0 spiro atoms. The zero-order valence-electron chi connectivity index (χ0n) is 17.8. The van der Waals surface area contributed by atoms with Gasteiger partial charge in [-0.1, -0.05) is 69.5 Å². The van der Waals surface area contributed by atoms with E-state index >= 15 is 0 Å². The first-order valence-electron chi connectivity index (χ1n) is 10.1. The number of halogens is 3. The number of hydrogen-bond donors (Lipinski definition) is 1. The maximum atomic E-state index is 13.1. The number of nitrogens with one attached hydrogen (secondary N) is 1. The molecule has 6 nitrogen and oxygen atoms in total. The number of rotatable bonds is 5. The van der Waals surface area contributed by atoms with E-state index in [1.807, 2.05) is 24.3 Å². The molecular weight excluding hydrogens is 543 g/mol. The van der Waals surface area contributed by atoms with Gasteiger partial charge in [-0.3, -0.25) is 14.9 Å². The molecule has 3 aromatic carbocycles. The third-order valence-corrected chi connectivity index (χ3v) is 6.43. The van der Waals surface area contributed by atoms with Crippen molar-refractivity contribution in [1.29, 1.82) is 0 Å². The first-order valence-corrected chi connectivity index (χ1v) is 11.6. The van der Waals surface area contributed by atoms with Gasteiger partial charge in [-0.25, -0.2) is 9.69 Å². The van der Waals surface area contributed by atoms with Crippen molar-refractivity contribution in [2.75, 3.05) is 4.90 Å². The number of ether oxygens (including phenoxy) is 1. The maximum absolute atomic E-state index is 13.1. The van der Waals surface area contributed by atoms with Crippen LogP contribution in [0.5, 0.6) is 5.75 Å². The molecule has 1 aliphatic heterocycles. The number of anilines is 1. The average molecular weight is 560 g/mol. The number of barbiturate groups is 1. The van der Waals surface area contributed by atoms with Crippen LogP contribution in [0.1, 0.15) is 16.7 Å². The van der Waals surface area contributed by atoms with Crippen molar-refractivity contribution in [3.63, 3.8) is 0 Å². The predicted molar refractivity (Wildman–Crippen MR) is 135 cm³/mol. The normalized spacial score (nSPS) is 15.0. The lowest BCUT2D eigenvalue weighted by molar-refractivity contribution is -0.122. The van der Waals surface area contributed by atoms with Crippen LogP contribution in [0.3, 0.4) is 0 Å². The Kier molecular flexibility index (Phi) is 7.07. The highest BCUT2D eigenvalue weighted by Gasteiger charge is 2.37. The molecule has 172 valence electrons. The Morgan fingerprint density at radius 1 is 1.03 bits per heavy atom. The third kappa shape index (κ3) is 5.01. The summed E-state index contributed by atoms with van der Waals surface area (Å²) in [4.78, 5) is 38.9. The Morgan fingerprint density at radius 2 is 1.79 bits per heavy atom. The van der Waals surface area contributed by atoms with Gasteiger partial charge in [0, 0.05) is 15.1 Å².